The number of benzene rings is 2. The molecule has 0 aliphatic rings. The molecule has 0 saturated heterocycles. The van der Waals surface area contributed by atoms with E-state index in [9.17, 15) is 4.79 Å². The van der Waals surface area contributed by atoms with Crippen molar-refractivity contribution in [3.8, 4) is 5.75 Å². The first kappa shape index (κ1) is 21.6. The molecule has 5 heteroatoms. The first-order chi connectivity index (χ1) is 12.7. The van der Waals surface area contributed by atoms with Crippen molar-refractivity contribution < 1.29 is 13.6 Å². The summed E-state index contributed by atoms with van der Waals surface area (Å²) >= 11 is 0. The molecule has 146 valence electrons. The topological polar surface area (TPSA) is 35.5 Å². The van der Waals surface area contributed by atoms with Crippen LogP contribution >= 0.6 is 0 Å². The lowest BCUT2D eigenvalue weighted by Gasteiger charge is -2.33. The van der Waals surface area contributed by atoms with Crippen LogP contribution in [0.3, 0.4) is 0 Å². The van der Waals surface area contributed by atoms with Crippen LogP contribution in [0.4, 0.5) is 0 Å². The molecule has 0 radical (unpaired) electrons. The number of hydrogen-bond acceptors (Lipinski definition) is 3. The molecule has 0 aliphatic carbocycles. The number of hydrogen-bond donors (Lipinski definition) is 0. The Morgan fingerprint density at radius 3 is 2.04 bits per heavy atom. The summed E-state index contributed by atoms with van der Waals surface area (Å²) in [6.07, 6.45) is 0.998. The van der Waals surface area contributed by atoms with Crippen molar-refractivity contribution >= 4 is 22.4 Å². The minimum absolute atomic E-state index is 0.0368. The molecule has 0 spiro atoms. The van der Waals surface area contributed by atoms with Crippen LogP contribution < -0.4 is 4.74 Å². The van der Waals surface area contributed by atoms with Gasteiger partial charge < -0.3 is 8.85 Å². The average molecular weight is 401 g/mol. The Hall–Kier alpha value is -1.70. The Kier molecular flexibility index (Phi) is 7.59. The zero-order valence-corrected chi connectivity index (χ0v) is 19.2. The van der Waals surface area contributed by atoms with Crippen LogP contribution in [0.2, 0.25) is 38.3 Å². The van der Waals surface area contributed by atoms with Gasteiger partial charge in [0.05, 0.1) is 6.61 Å². The van der Waals surface area contributed by atoms with Gasteiger partial charge in [0.25, 0.3) is 0 Å². The highest BCUT2D eigenvalue weighted by molar-refractivity contribution is 6.84. The largest absolute Gasteiger partial charge is 0.494 e. The van der Waals surface area contributed by atoms with Gasteiger partial charge in [0.2, 0.25) is 0 Å². The van der Waals surface area contributed by atoms with Gasteiger partial charge in [-0.05, 0) is 69.0 Å². The van der Waals surface area contributed by atoms with Crippen LogP contribution in [0.25, 0.3) is 0 Å². The van der Waals surface area contributed by atoms with E-state index in [1.165, 1.54) is 0 Å². The Labute approximate surface area is 166 Å². The maximum absolute atomic E-state index is 12.4. The van der Waals surface area contributed by atoms with Gasteiger partial charge >= 0.3 is 0 Å². The van der Waals surface area contributed by atoms with E-state index in [0.29, 0.717) is 17.7 Å². The van der Waals surface area contributed by atoms with Crippen molar-refractivity contribution in [2.24, 2.45) is 0 Å². The molecule has 2 rings (SSSR count). The molecular weight excluding hydrogens is 368 g/mol. The van der Waals surface area contributed by atoms with Crippen molar-refractivity contribution in [1.82, 2.24) is 0 Å². The van der Waals surface area contributed by atoms with Gasteiger partial charge in [-0.15, -0.1) is 0 Å². The first-order valence-electron chi connectivity index (χ1n) is 9.75. The normalized spacial score (nSPS) is 12.0. The summed E-state index contributed by atoms with van der Waals surface area (Å²) in [6, 6.07) is 19.0. The molecule has 0 saturated carbocycles. The minimum Gasteiger partial charge on any atom is -0.494 e. The average Bonchev–Trinajstić information content (AvgIpc) is 2.65. The predicted molar refractivity (Wildman–Crippen MR) is 118 cm³/mol. The quantitative estimate of drug-likeness (QED) is 0.273. The SMILES string of the molecule is CC[Si](C)(C)O[Si](C)(C)CCCOc1ccc(C(=O)c2ccccc2)cc1. The van der Waals surface area contributed by atoms with Gasteiger partial charge in [-0.3, -0.25) is 4.79 Å². The number of carbonyl (C=O) groups excluding carboxylic acids is 1. The molecule has 0 amide bonds. The molecule has 0 bridgehead atoms. The maximum atomic E-state index is 12.4. The monoisotopic (exact) mass is 400 g/mol. The van der Waals surface area contributed by atoms with Crippen molar-refractivity contribution in [2.75, 3.05) is 6.61 Å². The van der Waals surface area contributed by atoms with E-state index in [1.54, 1.807) is 0 Å². The van der Waals surface area contributed by atoms with Crippen molar-refractivity contribution in [3.05, 3.63) is 65.7 Å². The molecule has 0 aliphatic heterocycles. The van der Waals surface area contributed by atoms with E-state index < -0.39 is 16.6 Å². The van der Waals surface area contributed by atoms with E-state index >= 15 is 0 Å². The van der Waals surface area contributed by atoms with Gasteiger partial charge in [0.1, 0.15) is 5.75 Å². The fraction of sp³-hybridized carbons (Fsp3) is 0.409. The Balaban J connectivity index is 1.81. The molecule has 3 nitrogen and oxygen atoms in total. The Morgan fingerprint density at radius 1 is 0.852 bits per heavy atom. The second-order valence-electron chi connectivity index (χ2n) is 8.15. The van der Waals surface area contributed by atoms with Gasteiger partial charge in [-0.25, -0.2) is 0 Å². The lowest BCUT2D eigenvalue weighted by Crippen LogP contribution is -2.43. The lowest BCUT2D eigenvalue weighted by atomic mass is 10.0. The molecule has 0 atom stereocenters. The third-order valence-corrected chi connectivity index (χ3v) is 12.4. The standard InChI is InChI=1S/C22H32O3Si2/c1-6-26(2,3)25-27(4,5)18-10-17-24-21-15-13-20(14-16-21)22(23)19-11-8-7-9-12-19/h7-9,11-16H,6,10,17-18H2,1-5H3. The first-order valence-corrected chi connectivity index (χ1v) is 16.0. The summed E-state index contributed by atoms with van der Waals surface area (Å²) in [6.45, 7) is 12.1. The van der Waals surface area contributed by atoms with Crippen molar-refractivity contribution in [3.63, 3.8) is 0 Å². The summed E-state index contributed by atoms with van der Waals surface area (Å²) in [5, 5.41) is 0. The Morgan fingerprint density at radius 2 is 1.44 bits per heavy atom. The van der Waals surface area contributed by atoms with Crippen LogP contribution in [-0.4, -0.2) is 29.0 Å². The lowest BCUT2D eigenvalue weighted by molar-refractivity contribution is 0.103. The highest BCUT2D eigenvalue weighted by Crippen LogP contribution is 2.23. The smallest absolute Gasteiger partial charge is 0.193 e. The maximum Gasteiger partial charge on any atom is 0.193 e. The molecule has 0 heterocycles. The van der Waals surface area contributed by atoms with Crippen LogP contribution in [0.1, 0.15) is 29.3 Å². The van der Waals surface area contributed by atoms with E-state index in [4.69, 9.17) is 8.85 Å². The molecule has 2 aromatic carbocycles. The summed E-state index contributed by atoms with van der Waals surface area (Å²) < 4.78 is 12.4. The Bertz CT molecular complexity index is 725. The van der Waals surface area contributed by atoms with Crippen LogP contribution in [-0.2, 0) is 4.12 Å². The van der Waals surface area contributed by atoms with Crippen molar-refractivity contribution in [2.45, 2.75) is 51.6 Å². The van der Waals surface area contributed by atoms with Crippen LogP contribution in [0, 0.1) is 0 Å². The summed E-state index contributed by atoms with van der Waals surface area (Å²) in [4.78, 5) is 12.4. The molecule has 0 fully saturated rings. The predicted octanol–water partition coefficient (Wildman–Crippen LogP) is 6.13. The molecule has 0 unspecified atom stereocenters. The zero-order chi connectivity index (χ0) is 19.9. The molecule has 0 N–H and O–H groups in total. The summed E-state index contributed by atoms with van der Waals surface area (Å²) in [5.74, 6) is 0.845. The van der Waals surface area contributed by atoms with E-state index in [1.807, 2.05) is 54.6 Å². The van der Waals surface area contributed by atoms with Gasteiger partial charge in [-0.2, -0.15) is 0 Å². The zero-order valence-electron chi connectivity index (χ0n) is 17.2. The van der Waals surface area contributed by atoms with Crippen LogP contribution in [0.15, 0.2) is 54.6 Å². The molecule has 27 heavy (non-hydrogen) atoms. The fourth-order valence-electron chi connectivity index (χ4n) is 3.02. The number of carbonyl (C=O) groups is 1. The van der Waals surface area contributed by atoms with E-state index in [0.717, 1.165) is 24.3 Å². The second-order valence-corrected chi connectivity index (χ2v) is 17.2. The van der Waals surface area contributed by atoms with Gasteiger partial charge in [-0.1, -0.05) is 37.3 Å². The van der Waals surface area contributed by atoms with Crippen molar-refractivity contribution in [1.29, 1.82) is 0 Å². The molecule has 2 aromatic rings. The number of rotatable bonds is 10. The highest BCUT2D eigenvalue weighted by Gasteiger charge is 2.31. The minimum atomic E-state index is -1.62. The third-order valence-electron chi connectivity index (χ3n) is 4.75. The van der Waals surface area contributed by atoms with Gasteiger partial charge in [0.15, 0.2) is 22.4 Å². The summed E-state index contributed by atoms with van der Waals surface area (Å²) in [5.41, 5.74) is 1.39. The van der Waals surface area contributed by atoms with E-state index in [-0.39, 0.29) is 5.78 Å². The number of ether oxygens (including phenoxy) is 1. The number of ketones is 1. The highest BCUT2D eigenvalue weighted by atomic mass is 28.4. The van der Waals surface area contributed by atoms with Crippen LogP contribution in [0.5, 0.6) is 5.75 Å². The second kappa shape index (κ2) is 9.48. The molecule has 0 aromatic heterocycles. The van der Waals surface area contributed by atoms with E-state index in [2.05, 4.69) is 33.1 Å². The third kappa shape index (κ3) is 7.09. The van der Waals surface area contributed by atoms with Gasteiger partial charge in [0, 0.05) is 11.1 Å². The fourth-order valence-corrected chi connectivity index (χ4v) is 11.0. The molecular formula is C22H32O3Si2. The summed E-state index contributed by atoms with van der Waals surface area (Å²) in [7, 11) is -3.12.